The fourth-order valence-electron chi connectivity index (χ4n) is 2.00. The zero-order valence-electron chi connectivity index (χ0n) is 12.5. The van der Waals surface area contributed by atoms with E-state index >= 15 is 0 Å². The van der Waals surface area contributed by atoms with E-state index in [9.17, 15) is 0 Å². The largest absolute Gasteiger partial charge is 0.424 e. The molecule has 0 saturated heterocycles. The Hall–Kier alpha value is -1.94. The minimum Gasteiger partial charge on any atom is -0.424 e. The number of nitrogens with one attached hydrogen (secondary N) is 1. The first-order valence-corrected chi connectivity index (χ1v) is 6.84. The molecule has 20 heavy (non-hydrogen) atoms. The summed E-state index contributed by atoms with van der Waals surface area (Å²) < 4.78 is 5.84. The maximum Gasteiger partial charge on any atom is 0.321 e. The van der Waals surface area contributed by atoms with Gasteiger partial charge in [-0.3, -0.25) is 0 Å². The number of aromatic nitrogens is 2. The van der Waals surface area contributed by atoms with E-state index in [1.54, 1.807) is 12.4 Å². The average Bonchev–Trinajstić information content (AvgIpc) is 2.41. The second-order valence-corrected chi connectivity index (χ2v) is 5.20. The van der Waals surface area contributed by atoms with Gasteiger partial charge < -0.3 is 10.1 Å². The third-order valence-corrected chi connectivity index (χ3v) is 3.05. The molecule has 4 heteroatoms. The van der Waals surface area contributed by atoms with E-state index in [1.807, 2.05) is 20.0 Å². The number of aryl methyl sites for hydroxylation is 1. The minimum atomic E-state index is 0.386. The first kappa shape index (κ1) is 14.5. The Morgan fingerprint density at radius 1 is 1.20 bits per heavy atom. The van der Waals surface area contributed by atoms with Crippen LogP contribution in [0.5, 0.6) is 11.8 Å². The van der Waals surface area contributed by atoms with Crippen LogP contribution in [0.3, 0.4) is 0 Å². The van der Waals surface area contributed by atoms with E-state index in [1.165, 1.54) is 5.56 Å². The number of ether oxygens (including phenoxy) is 1. The molecule has 0 unspecified atom stereocenters. The number of benzene rings is 1. The number of hydrogen-bond acceptors (Lipinski definition) is 4. The zero-order chi connectivity index (χ0) is 14.5. The maximum atomic E-state index is 5.84. The van der Waals surface area contributed by atoms with Gasteiger partial charge in [-0.15, -0.1) is 0 Å². The molecule has 0 spiro atoms. The third kappa shape index (κ3) is 3.54. The third-order valence-electron chi connectivity index (χ3n) is 3.05. The van der Waals surface area contributed by atoms with Crippen molar-refractivity contribution < 1.29 is 4.74 Å². The summed E-state index contributed by atoms with van der Waals surface area (Å²) in [6.45, 7) is 7.10. The van der Waals surface area contributed by atoms with Crippen molar-refractivity contribution in [1.29, 1.82) is 0 Å². The van der Waals surface area contributed by atoms with Crippen molar-refractivity contribution in [2.75, 3.05) is 7.05 Å². The molecule has 0 amide bonds. The van der Waals surface area contributed by atoms with E-state index in [2.05, 4.69) is 41.3 Å². The molecule has 0 aliphatic carbocycles. The van der Waals surface area contributed by atoms with E-state index in [0.29, 0.717) is 11.9 Å². The fourth-order valence-corrected chi connectivity index (χ4v) is 2.00. The van der Waals surface area contributed by atoms with Gasteiger partial charge in [0.15, 0.2) is 0 Å². The monoisotopic (exact) mass is 271 g/mol. The molecule has 1 N–H and O–H groups in total. The van der Waals surface area contributed by atoms with Gasteiger partial charge in [-0.25, -0.2) is 9.97 Å². The smallest absolute Gasteiger partial charge is 0.321 e. The first-order chi connectivity index (χ1) is 9.60. The molecule has 4 nitrogen and oxygen atoms in total. The Morgan fingerprint density at radius 2 is 1.90 bits per heavy atom. The van der Waals surface area contributed by atoms with Gasteiger partial charge in [0.25, 0.3) is 0 Å². The molecule has 0 aliphatic heterocycles. The summed E-state index contributed by atoms with van der Waals surface area (Å²) in [5.41, 5.74) is 3.36. The molecule has 0 bridgehead atoms. The predicted octanol–water partition coefficient (Wildman–Crippen LogP) is 3.42. The van der Waals surface area contributed by atoms with E-state index in [4.69, 9.17) is 4.74 Å². The lowest BCUT2D eigenvalue weighted by molar-refractivity contribution is 0.433. The number of hydrogen-bond donors (Lipinski definition) is 1. The maximum absolute atomic E-state index is 5.84. The van der Waals surface area contributed by atoms with Crippen molar-refractivity contribution in [2.45, 2.75) is 33.2 Å². The highest BCUT2D eigenvalue weighted by atomic mass is 16.5. The van der Waals surface area contributed by atoms with Gasteiger partial charge in [0.2, 0.25) is 0 Å². The summed E-state index contributed by atoms with van der Waals surface area (Å²) in [5.74, 6) is 1.23. The molecule has 2 aromatic rings. The van der Waals surface area contributed by atoms with Gasteiger partial charge in [-0.05, 0) is 37.1 Å². The lowest BCUT2D eigenvalue weighted by atomic mass is 10.0. The molecule has 0 saturated carbocycles. The highest BCUT2D eigenvalue weighted by Gasteiger charge is 2.10. The highest BCUT2D eigenvalue weighted by Crippen LogP contribution is 2.30. The van der Waals surface area contributed by atoms with Gasteiger partial charge in [0, 0.05) is 24.5 Å². The van der Waals surface area contributed by atoms with Crippen molar-refractivity contribution in [3.63, 3.8) is 0 Å². The Balaban J connectivity index is 2.22. The summed E-state index contributed by atoms with van der Waals surface area (Å²) in [7, 11) is 1.89. The van der Waals surface area contributed by atoms with Gasteiger partial charge in [-0.2, -0.15) is 0 Å². The van der Waals surface area contributed by atoms with Crippen LogP contribution in [0.4, 0.5) is 0 Å². The summed E-state index contributed by atoms with van der Waals surface area (Å²) in [4.78, 5) is 8.50. The lowest BCUT2D eigenvalue weighted by Gasteiger charge is -2.13. The van der Waals surface area contributed by atoms with Crippen molar-refractivity contribution in [1.82, 2.24) is 15.3 Å². The molecule has 0 fully saturated rings. The molecule has 0 radical (unpaired) electrons. The minimum absolute atomic E-state index is 0.386. The van der Waals surface area contributed by atoms with Crippen LogP contribution in [0.15, 0.2) is 30.6 Å². The van der Waals surface area contributed by atoms with E-state index < -0.39 is 0 Å². The van der Waals surface area contributed by atoms with Crippen LogP contribution >= 0.6 is 0 Å². The first-order valence-electron chi connectivity index (χ1n) is 6.84. The Labute approximate surface area is 120 Å². The van der Waals surface area contributed by atoms with Crippen LogP contribution in [0.25, 0.3) is 0 Å². The molecule has 1 aromatic carbocycles. The summed E-state index contributed by atoms with van der Waals surface area (Å²) >= 11 is 0. The summed E-state index contributed by atoms with van der Waals surface area (Å²) in [6.07, 6.45) is 3.56. The molecular weight excluding hydrogens is 250 g/mol. The Bertz CT molecular complexity index is 564. The van der Waals surface area contributed by atoms with Crippen LogP contribution in [0, 0.1) is 6.92 Å². The topological polar surface area (TPSA) is 47.0 Å². The SMILES string of the molecule is CNCc1cnc(Oc2cc(C)ccc2C(C)C)nc1. The van der Waals surface area contributed by atoms with Gasteiger partial charge in [0.05, 0.1) is 0 Å². The summed E-state index contributed by atoms with van der Waals surface area (Å²) in [5, 5.41) is 3.06. The molecule has 1 aromatic heterocycles. The lowest BCUT2D eigenvalue weighted by Crippen LogP contribution is -2.06. The molecule has 0 aliphatic rings. The molecular formula is C16H21N3O. The van der Waals surface area contributed by atoms with Crippen molar-refractivity contribution in [3.8, 4) is 11.8 Å². The van der Waals surface area contributed by atoms with Crippen molar-refractivity contribution in [3.05, 3.63) is 47.3 Å². The van der Waals surface area contributed by atoms with Gasteiger partial charge in [0.1, 0.15) is 5.75 Å². The van der Waals surface area contributed by atoms with Crippen LogP contribution in [-0.2, 0) is 6.54 Å². The van der Waals surface area contributed by atoms with Crippen LogP contribution < -0.4 is 10.1 Å². The van der Waals surface area contributed by atoms with Crippen molar-refractivity contribution >= 4 is 0 Å². The van der Waals surface area contributed by atoms with E-state index in [0.717, 1.165) is 23.4 Å². The van der Waals surface area contributed by atoms with Crippen LogP contribution in [0.2, 0.25) is 0 Å². The molecule has 2 rings (SSSR count). The molecule has 1 heterocycles. The van der Waals surface area contributed by atoms with Crippen LogP contribution in [0.1, 0.15) is 36.5 Å². The summed E-state index contributed by atoms with van der Waals surface area (Å²) in [6, 6.07) is 6.61. The second kappa shape index (κ2) is 6.48. The Morgan fingerprint density at radius 3 is 2.50 bits per heavy atom. The van der Waals surface area contributed by atoms with Crippen LogP contribution in [-0.4, -0.2) is 17.0 Å². The number of rotatable bonds is 5. The molecule has 106 valence electrons. The predicted molar refractivity (Wildman–Crippen MR) is 80.1 cm³/mol. The number of nitrogens with zero attached hydrogens (tertiary/aromatic N) is 2. The highest BCUT2D eigenvalue weighted by molar-refractivity contribution is 5.40. The fraction of sp³-hybridized carbons (Fsp3) is 0.375. The van der Waals surface area contributed by atoms with E-state index in [-0.39, 0.29) is 0 Å². The normalized spacial score (nSPS) is 10.8. The van der Waals surface area contributed by atoms with Crippen molar-refractivity contribution in [2.24, 2.45) is 0 Å². The average molecular weight is 271 g/mol. The zero-order valence-corrected chi connectivity index (χ0v) is 12.5. The van der Waals surface area contributed by atoms with Gasteiger partial charge in [-0.1, -0.05) is 26.0 Å². The van der Waals surface area contributed by atoms with Gasteiger partial charge >= 0.3 is 6.01 Å². The molecule has 0 atom stereocenters. The standard InChI is InChI=1S/C16H21N3O/c1-11(2)14-6-5-12(3)7-15(14)20-16-18-9-13(8-17-4)10-19-16/h5-7,9-11,17H,8H2,1-4H3. The Kier molecular flexibility index (Phi) is 4.69. The quantitative estimate of drug-likeness (QED) is 0.905. The second-order valence-electron chi connectivity index (χ2n) is 5.20.